The van der Waals surface area contributed by atoms with E-state index in [1.807, 2.05) is 24.3 Å². The Bertz CT molecular complexity index is 382. The zero-order valence-electron chi connectivity index (χ0n) is 9.58. The third-order valence-electron chi connectivity index (χ3n) is 2.03. The predicted molar refractivity (Wildman–Crippen MR) is 65.5 cm³/mol. The number of nitrogens with two attached hydrogens (primary N) is 1. The van der Waals surface area contributed by atoms with Crippen molar-refractivity contribution in [2.75, 3.05) is 7.11 Å². The van der Waals surface area contributed by atoms with Crippen molar-refractivity contribution in [1.29, 1.82) is 5.41 Å². The number of allylic oxidation sites excluding steroid dienone is 1. The van der Waals surface area contributed by atoms with Crippen LogP contribution in [0.15, 0.2) is 36.2 Å². The van der Waals surface area contributed by atoms with Crippen LogP contribution in [0.4, 0.5) is 0 Å². The highest BCUT2D eigenvalue weighted by Gasteiger charge is 1.95. The number of hydrogen-bond donors (Lipinski definition) is 3. The third kappa shape index (κ3) is 4.04. The van der Waals surface area contributed by atoms with E-state index in [9.17, 15) is 0 Å². The summed E-state index contributed by atoms with van der Waals surface area (Å²) < 4.78 is 5.06. The first-order valence-corrected chi connectivity index (χ1v) is 5.01. The number of hydrogen-bond acceptors (Lipinski definition) is 4. The van der Waals surface area contributed by atoms with Gasteiger partial charge < -0.3 is 21.2 Å². The fraction of sp³-hybridized carbons (Fsp3) is 0.250. The lowest BCUT2D eigenvalue weighted by molar-refractivity contribution is 0.414. The van der Waals surface area contributed by atoms with Gasteiger partial charge >= 0.3 is 0 Å². The maximum Gasteiger partial charge on any atom is 0.118 e. The molecule has 86 valence electrons. The van der Waals surface area contributed by atoms with Crippen molar-refractivity contribution in [2.45, 2.75) is 13.5 Å². The predicted octanol–water partition coefficient (Wildman–Crippen LogP) is 1.62. The van der Waals surface area contributed by atoms with Gasteiger partial charge in [0.1, 0.15) is 5.75 Å². The Morgan fingerprint density at radius 2 is 2.06 bits per heavy atom. The molecule has 4 N–H and O–H groups in total. The highest BCUT2D eigenvalue weighted by molar-refractivity contribution is 5.90. The molecule has 0 unspecified atom stereocenters. The van der Waals surface area contributed by atoms with Crippen molar-refractivity contribution in [3.8, 4) is 5.75 Å². The van der Waals surface area contributed by atoms with E-state index in [0.29, 0.717) is 18.1 Å². The molecule has 0 fully saturated rings. The van der Waals surface area contributed by atoms with E-state index in [1.165, 1.54) is 0 Å². The number of methoxy groups -OCH3 is 1. The van der Waals surface area contributed by atoms with Crippen LogP contribution in [0.3, 0.4) is 0 Å². The van der Waals surface area contributed by atoms with E-state index in [0.717, 1.165) is 11.3 Å². The zero-order valence-corrected chi connectivity index (χ0v) is 9.58. The fourth-order valence-corrected chi connectivity index (χ4v) is 1.23. The Balaban J connectivity index is 2.51. The molecule has 0 amide bonds. The standard InChI is InChI=1S/C12H17N3O/c1-9(13)7-12(14)15-8-10-3-5-11(16-2)6-4-10/h3-7,13,15H,8,14H2,1-2H3/b12-7-,13-9?. The summed E-state index contributed by atoms with van der Waals surface area (Å²) in [6.45, 7) is 2.32. The van der Waals surface area contributed by atoms with Crippen LogP contribution in [0.2, 0.25) is 0 Å². The molecular formula is C12H17N3O. The van der Waals surface area contributed by atoms with E-state index >= 15 is 0 Å². The molecule has 1 rings (SSSR count). The lowest BCUT2D eigenvalue weighted by atomic mass is 10.2. The Labute approximate surface area is 95.6 Å². The SMILES string of the molecule is COc1ccc(CN/C(N)=C\C(C)=N)cc1. The van der Waals surface area contributed by atoms with Gasteiger partial charge in [0.05, 0.1) is 12.9 Å². The smallest absolute Gasteiger partial charge is 0.118 e. The molecule has 0 aliphatic rings. The molecule has 4 nitrogen and oxygen atoms in total. The summed E-state index contributed by atoms with van der Waals surface area (Å²) in [6, 6.07) is 7.74. The lowest BCUT2D eigenvalue weighted by Crippen LogP contribution is -2.20. The van der Waals surface area contributed by atoms with Gasteiger partial charge in [-0.1, -0.05) is 12.1 Å². The topological polar surface area (TPSA) is 71.1 Å². The van der Waals surface area contributed by atoms with E-state index in [2.05, 4.69) is 5.32 Å². The van der Waals surface area contributed by atoms with Gasteiger partial charge in [-0.2, -0.15) is 0 Å². The van der Waals surface area contributed by atoms with Crippen LogP contribution in [0.1, 0.15) is 12.5 Å². The quantitative estimate of drug-likeness (QED) is 0.659. The molecular weight excluding hydrogens is 202 g/mol. The van der Waals surface area contributed by atoms with Gasteiger partial charge in [-0.05, 0) is 30.7 Å². The lowest BCUT2D eigenvalue weighted by Gasteiger charge is -2.07. The van der Waals surface area contributed by atoms with Crippen molar-refractivity contribution in [3.63, 3.8) is 0 Å². The second-order valence-electron chi connectivity index (χ2n) is 3.48. The van der Waals surface area contributed by atoms with Gasteiger partial charge in [-0.3, -0.25) is 0 Å². The highest BCUT2D eigenvalue weighted by Crippen LogP contribution is 2.10. The number of rotatable bonds is 5. The molecule has 1 aromatic rings. The molecule has 0 radical (unpaired) electrons. The number of nitrogens with one attached hydrogen (secondary N) is 2. The molecule has 0 atom stereocenters. The van der Waals surface area contributed by atoms with Crippen LogP contribution in [0, 0.1) is 5.41 Å². The fourth-order valence-electron chi connectivity index (χ4n) is 1.23. The average Bonchev–Trinajstić information content (AvgIpc) is 2.26. The van der Waals surface area contributed by atoms with E-state index in [1.54, 1.807) is 20.1 Å². The van der Waals surface area contributed by atoms with Gasteiger partial charge in [0, 0.05) is 12.3 Å². The van der Waals surface area contributed by atoms with Gasteiger partial charge in [-0.15, -0.1) is 0 Å². The molecule has 16 heavy (non-hydrogen) atoms. The second-order valence-corrected chi connectivity index (χ2v) is 3.48. The van der Waals surface area contributed by atoms with Crippen molar-refractivity contribution >= 4 is 5.71 Å². The van der Waals surface area contributed by atoms with Crippen molar-refractivity contribution < 1.29 is 4.74 Å². The van der Waals surface area contributed by atoms with E-state index in [4.69, 9.17) is 15.9 Å². The van der Waals surface area contributed by atoms with E-state index in [-0.39, 0.29) is 0 Å². The molecule has 0 aromatic heterocycles. The zero-order chi connectivity index (χ0) is 12.0. The molecule has 0 saturated heterocycles. The summed E-state index contributed by atoms with van der Waals surface area (Å²) in [6.07, 6.45) is 1.59. The Hall–Kier alpha value is -1.97. The summed E-state index contributed by atoms with van der Waals surface area (Å²) in [4.78, 5) is 0. The average molecular weight is 219 g/mol. The molecule has 0 heterocycles. The van der Waals surface area contributed by atoms with E-state index < -0.39 is 0 Å². The first kappa shape index (κ1) is 12.1. The van der Waals surface area contributed by atoms with Crippen molar-refractivity contribution in [1.82, 2.24) is 5.32 Å². The maximum absolute atomic E-state index is 7.25. The third-order valence-corrected chi connectivity index (χ3v) is 2.03. The van der Waals surface area contributed by atoms with Crippen LogP contribution in [-0.4, -0.2) is 12.8 Å². The Kier molecular flexibility index (Phi) is 4.39. The molecule has 0 bridgehead atoms. The maximum atomic E-state index is 7.25. The number of ether oxygens (including phenoxy) is 1. The van der Waals surface area contributed by atoms with Crippen LogP contribution >= 0.6 is 0 Å². The van der Waals surface area contributed by atoms with Gasteiger partial charge in [0.2, 0.25) is 0 Å². The van der Waals surface area contributed by atoms with Crippen LogP contribution < -0.4 is 15.8 Å². The van der Waals surface area contributed by atoms with Gasteiger partial charge in [0.15, 0.2) is 0 Å². The van der Waals surface area contributed by atoms with Crippen LogP contribution in [0.5, 0.6) is 5.75 Å². The minimum Gasteiger partial charge on any atom is -0.497 e. The Morgan fingerprint density at radius 3 is 2.56 bits per heavy atom. The summed E-state index contributed by atoms with van der Waals surface area (Å²) in [5, 5.41) is 10.3. The Morgan fingerprint density at radius 1 is 1.44 bits per heavy atom. The monoisotopic (exact) mass is 219 g/mol. The van der Waals surface area contributed by atoms with Crippen LogP contribution in [0.25, 0.3) is 0 Å². The second kappa shape index (κ2) is 5.80. The first-order chi connectivity index (χ1) is 7.61. The van der Waals surface area contributed by atoms with Crippen molar-refractivity contribution in [3.05, 3.63) is 41.7 Å². The number of benzene rings is 1. The van der Waals surface area contributed by atoms with Crippen LogP contribution in [-0.2, 0) is 6.54 Å². The van der Waals surface area contributed by atoms with Gasteiger partial charge in [0.25, 0.3) is 0 Å². The summed E-state index contributed by atoms with van der Waals surface area (Å²) in [5.41, 5.74) is 7.20. The summed E-state index contributed by atoms with van der Waals surface area (Å²) in [5.74, 6) is 1.34. The minimum absolute atomic E-state index is 0.430. The summed E-state index contributed by atoms with van der Waals surface area (Å²) >= 11 is 0. The highest BCUT2D eigenvalue weighted by atomic mass is 16.5. The largest absolute Gasteiger partial charge is 0.497 e. The first-order valence-electron chi connectivity index (χ1n) is 5.01. The molecule has 1 aromatic carbocycles. The molecule has 0 saturated carbocycles. The minimum atomic E-state index is 0.430. The molecule has 0 aliphatic carbocycles. The summed E-state index contributed by atoms with van der Waals surface area (Å²) in [7, 11) is 1.64. The van der Waals surface area contributed by atoms with Crippen molar-refractivity contribution in [2.24, 2.45) is 5.73 Å². The molecule has 0 spiro atoms. The normalized spacial score (nSPS) is 11.0. The molecule has 4 heteroatoms. The van der Waals surface area contributed by atoms with Gasteiger partial charge in [-0.25, -0.2) is 0 Å². The molecule has 0 aliphatic heterocycles.